The number of nitrogens with zero attached hydrogens (tertiary/aromatic N) is 5. The number of pyridine rings is 1. The summed E-state index contributed by atoms with van der Waals surface area (Å²) in [5.41, 5.74) is 11.1. The van der Waals surface area contributed by atoms with E-state index in [-0.39, 0.29) is 36.0 Å². The van der Waals surface area contributed by atoms with Crippen LogP contribution >= 0.6 is 0 Å². The van der Waals surface area contributed by atoms with Gasteiger partial charge >= 0.3 is 0 Å². The van der Waals surface area contributed by atoms with Crippen molar-refractivity contribution in [3.05, 3.63) is 184 Å². The molecule has 7 aromatic rings. The molecule has 0 radical (unpaired) electrons. The zero-order chi connectivity index (χ0) is 44.2. The molecule has 0 bridgehead atoms. The second-order valence-corrected chi connectivity index (χ2v) is 14.3. The Morgan fingerprint density at radius 1 is 0.810 bits per heavy atom. The summed E-state index contributed by atoms with van der Waals surface area (Å²) in [6, 6.07) is 35.8. The number of hydrogen-bond acceptors (Lipinski definition) is 10. The van der Waals surface area contributed by atoms with E-state index in [4.69, 9.17) is 15.2 Å². The zero-order valence-electron chi connectivity index (χ0n) is 33.9. The van der Waals surface area contributed by atoms with Crippen LogP contribution in [0.25, 0.3) is 16.6 Å². The molecule has 9 rings (SSSR count). The van der Waals surface area contributed by atoms with Gasteiger partial charge in [-0.25, -0.2) is 9.07 Å². The first-order valence-corrected chi connectivity index (χ1v) is 19.6. The number of imide groups is 1. The Balaban J connectivity index is 0.000000329. The van der Waals surface area contributed by atoms with Gasteiger partial charge in [0, 0.05) is 42.1 Å². The number of aromatic nitrogens is 3. The van der Waals surface area contributed by atoms with E-state index in [1.807, 2.05) is 35.3 Å². The molecule has 4 amide bonds. The van der Waals surface area contributed by atoms with Crippen LogP contribution in [0.3, 0.4) is 0 Å². The molecule has 4 heterocycles. The fourth-order valence-electron chi connectivity index (χ4n) is 7.27. The molecule has 0 unspecified atom stereocenters. The molecule has 5 aromatic carbocycles. The molecule has 0 saturated heterocycles. The van der Waals surface area contributed by atoms with Crippen molar-refractivity contribution in [1.82, 2.24) is 24.7 Å². The van der Waals surface area contributed by atoms with Crippen LogP contribution < -0.4 is 36.5 Å². The summed E-state index contributed by atoms with van der Waals surface area (Å²) in [6.45, 7) is 2.11. The van der Waals surface area contributed by atoms with E-state index in [2.05, 4.69) is 15.7 Å². The summed E-state index contributed by atoms with van der Waals surface area (Å²) in [6.07, 6.45) is 3.18. The zero-order valence-corrected chi connectivity index (χ0v) is 33.9. The molecular weight excluding hydrogens is 808 g/mol. The van der Waals surface area contributed by atoms with Gasteiger partial charge < -0.3 is 25.9 Å². The molecule has 4 N–H and O–H groups in total. The van der Waals surface area contributed by atoms with Gasteiger partial charge in [-0.15, -0.1) is 0 Å². The molecule has 316 valence electrons. The summed E-state index contributed by atoms with van der Waals surface area (Å²) < 4.78 is 29.3. The van der Waals surface area contributed by atoms with Crippen molar-refractivity contribution < 1.29 is 33.0 Å². The minimum atomic E-state index is -0.756. The number of fused-ring (bicyclic) bond motifs is 2. The van der Waals surface area contributed by atoms with E-state index >= 15 is 4.39 Å². The topological polar surface area (TPSA) is 183 Å². The third-order valence-electron chi connectivity index (χ3n) is 10.5. The number of methoxy groups -OCH3 is 1. The average molecular weight is 847 g/mol. The minimum Gasteiger partial charge on any atom is -0.497 e. The summed E-state index contributed by atoms with van der Waals surface area (Å²) in [5, 5.41) is 5.14. The highest BCUT2D eigenvalue weighted by Gasteiger charge is 2.35. The number of carbonyl (C=O) groups excluding carboxylic acids is 4. The van der Waals surface area contributed by atoms with Crippen molar-refractivity contribution in [2.45, 2.75) is 13.5 Å². The van der Waals surface area contributed by atoms with Crippen LogP contribution in [0, 0.1) is 12.7 Å². The normalized spacial score (nSPS) is 12.9. The maximum absolute atomic E-state index is 15.3. The first-order chi connectivity index (χ1) is 30.5. The van der Waals surface area contributed by atoms with E-state index in [9.17, 15) is 24.0 Å². The maximum Gasteiger partial charge on any atom is 0.284 e. The number of rotatable bonds is 11. The molecule has 16 heteroatoms. The lowest BCUT2D eigenvalue weighted by molar-refractivity contribution is -0.114. The van der Waals surface area contributed by atoms with Crippen molar-refractivity contribution >= 4 is 45.9 Å². The van der Waals surface area contributed by atoms with E-state index in [1.54, 1.807) is 110 Å². The van der Waals surface area contributed by atoms with Crippen LogP contribution in [0.4, 0.5) is 15.8 Å². The summed E-state index contributed by atoms with van der Waals surface area (Å²) in [7, 11) is 1.55. The minimum absolute atomic E-state index is 0.0336. The number of para-hydroxylation sites is 2. The molecule has 2 aromatic heterocycles. The number of halogens is 1. The first kappa shape index (κ1) is 41.2. The molecular formula is C47H39FN8O7. The summed E-state index contributed by atoms with van der Waals surface area (Å²) in [5.74, 6) is -1.82. The predicted octanol–water partition coefficient (Wildman–Crippen LogP) is 6.36. The van der Waals surface area contributed by atoms with Crippen molar-refractivity contribution in [1.29, 1.82) is 0 Å². The Bertz CT molecular complexity index is 2970. The van der Waals surface area contributed by atoms with E-state index in [0.717, 1.165) is 16.7 Å². The predicted molar refractivity (Wildman–Crippen MR) is 233 cm³/mol. The Morgan fingerprint density at radius 2 is 1.48 bits per heavy atom. The molecule has 2 aliphatic heterocycles. The number of primary amides is 1. The lowest BCUT2D eigenvalue weighted by atomic mass is 10.1. The van der Waals surface area contributed by atoms with Gasteiger partial charge in [0.15, 0.2) is 11.6 Å². The van der Waals surface area contributed by atoms with Gasteiger partial charge in [-0.2, -0.15) is 0 Å². The van der Waals surface area contributed by atoms with Crippen LogP contribution in [-0.4, -0.2) is 63.1 Å². The maximum atomic E-state index is 15.3. The van der Waals surface area contributed by atoms with Gasteiger partial charge in [0.25, 0.3) is 23.3 Å². The number of nitrogens with one attached hydrogen (secondary N) is 2. The molecule has 0 saturated carbocycles. The highest BCUT2D eigenvalue weighted by Crippen LogP contribution is 2.33. The summed E-state index contributed by atoms with van der Waals surface area (Å²) in [4.78, 5) is 69.8. The fourth-order valence-corrected chi connectivity index (χ4v) is 7.27. The van der Waals surface area contributed by atoms with Gasteiger partial charge in [-0.05, 0) is 73.7 Å². The molecule has 0 spiro atoms. The smallest absolute Gasteiger partial charge is 0.284 e. The van der Waals surface area contributed by atoms with Crippen molar-refractivity contribution in [2.75, 3.05) is 30.5 Å². The van der Waals surface area contributed by atoms with Crippen LogP contribution in [0.15, 0.2) is 150 Å². The lowest BCUT2D eigenvalue weighted by Gasteiger charge is -2.18. The Kier molecular flexibility index (Phi) is 11.5. The summed E-state index contributed by atoms with van der Waals surface area (Å²) >= 11 is 0. The van der Waals surface area contributed by atoms with Crippen molar-refractivity contribution in [2.24, 2.45) is 5.73 Å². The van der Waals surface area contributed by atoms with E-state index in [1.165, 1.54) is 16.8 Å². The molecule has 0 fully saturated rings. The molecule has 0 aliphatic carbocycles. The quantitative estimate of drug-likeness (QED) is 0.124. The number of ether oxygens (including phenoxy) is 2. The largest absolute Gasteiger partial charge is 0.497 e. The number of benzene rings is 5. The van der Waals surface area contributed by atoms with Gasteiger partial charge in [0.1, 0.15) is 17.1 Å². The van der Waals surface area contributed by atoms with Crippen molar-refractivity contribution in [3.8, 4) is 22.9 Å². The number of amides is 4. The van der Waals surface area contributed by atoms with Crippen LogP contribution in [0.2, 0.25) is 0 Å². The molecule has 2 aliphatic rings. The number of anilines is 2. The monoisotopic (exact) mass is 846 g/mol. The first-order valence-electron chi connectivity index (χ1n) is 19.6. The number of hydrogen-bond donors (Lipinski definition) is 3. The van der Waals surface area contributed by atoms with Crippen LogP contribution in [-0.2, 0) is 11.3 Å². The van der Waals surface area contributed by atoms with Gasteiger partial charge in [0.2, 0.25) is 5.91 Å². The fraction of sp³-hybridized carbons (Fsp3) is 0.106. The second kappa shape index (κ2) is 17.6. The lowest BCUT2D eigenvalue weighted by Crippen LogP contribution is -2.34. The standard InChI is InChI=1S/C37H28FN5O6.C10H11N3O/c1-22-33(34(44)40-23-12-15-32(29(38)20-23)49-31-16-17-39-30-21-25(48-2)13-14-28(30)31)37(47)43(24-8-4-3-5-9-24)42(22)19-18-41-35(45)26-10-6-7-11-27(26)36(41)46;11-10(14)8-6-12-13(7-8)9-4-2-1-3-5-9/h3-17,20-21H,18-19H2,1-2H3,(H,40,44);1-6,12H,7H2,(H2,11,14). The highest BCUT2D eigenvalue weighted by molar-refractivity contribution is 6.21. The highest BCUT2D eigenvalue weighted by atomic mass is 19.1. The van der Waals surface area contributed by atoms with Crippen molar-refractivity contribution in [3.63, 3.8) is 0 Å². The third-order valence-corrected chi connectivity index (χ3v) is 10.5. The molecule has 0 atom stereocenters. The number of hydrazine groups is 1. The second-order valence-electron chi connectivity index (χ2n) is 14.3. The average Bonchev–Trinajstić information content (AvgIpc) is 3.97. The Labute approximate surface area is 359 Å². The third kappa shape index (κ3) is 8.32. The van der Waals surface area contributed by atoms with E-state index < -0.39 is 29.1 Å². The van der Waals surface area contributed by atoms with Gasteiger partial charge in [0.05, 0.1) is 59.5 Å². The molecule has 15 nitrogen and oxygen atoms in total. The van der Waals surface area contributed by atoms with Crippen LogP contribution in [0.5, 0.6) is 17.2 Å². The Hall–Kier alpha value is -8.53. The van der Waals surface area contributed by atoms with Gasteiger partial charge in [-0.3, -0.25) is 43.5 Å². The van der Waals surface area contributed by atoms with E-state index in [0.29, 0.717) is 57.0 Å². The SMILES string of the molecule is COc1ccc2c(Oc3ccc(NC(=O)c4c(C)n(CCN5C(=O)c6ccccc6C5=O)n(-c5ccccc5)c4=O)cc3F)ccnc2c1.NC(=O)C1=CNN(c2ccccc2)C1. The number of nitrogens with two attached hydrogens (primary N) is 1. The molecule has 63 heavy (non-hydrogen) atoms. The Morgan fingerprint density at radius 3 is 2.11 bits per heavy atom. The number of carbonyl (C=O) groups is 4. The van der Waals surface area contributed by atoms with Gasteiger partial charge in [-0.1, -0.05) is 48.5 Å². The van der Waals surface area contributed by atoms with Crippen LogP contribution in [0.1, 0.15) is 36.8 Å².